The summed E-state index contributed by atoms with van der Waals surface area (Å²) in [6.45, 7) is -0.483. The Morgan fingerprint density at radius 3 is 2.72 bits per heavy atom. The maximum atomic E-state index is 13.3. The number of pyridine rings is 1. The van der Waals surface area contributed by atoms with Crippen molar-refractivity contribution in [2.24, 2.45) is 0 Å². The van der Waals surface area contributed by atoms with Crippen LogP contribution in [0.2, 0.25) is 5.02 Å². The van der Waals surface area contributed by atoms with Gasteiger partial charge in [-0.15, -0.1) is 0 Å². The summed E-state index contributed by atoms with van der Waals surface area (Å²) in [5.74, 6) is -4.06. The molecule has 4 heterocycles. The molecule has 2 fully saturated rings. The Hall–Kier alpha value is -4.04. The first-order valence-electron chi connectivity index (χ1n) is 12.3. The third-order valence-electron chi connectivity index (χ3n) is 6.60. The van der Waals surface area contributed by atoms with Crippen molar-refractivity contribution in [1.29, 1.82) is 0 Å². The highest BCUT2D eigenvalue weighted by atomic mass is 35.5. The molecule has 3 amide bonds. The minimum Gasteiger partial charge on any atom is -0.481 e. The lowest BCUT2D eigenvalue weighted by atomic mass is 10.0. The van der Waals surface area contributed by atoms with Crippen molar-refractivity contribution in [3.8, 4) is 5.88 Å². The van der Waals surface area contributed by atoms with E-state index in [0.29, 0.717) is 6.42 Å². The molecule has 15 heteroatoms. The van der Waals surface area contributed by atoms with Gasteiger partial charge in [-0.3, -0.25) is 38.2 Å². The molecular formula is C24H27ClN6O8. The molecule has 2 aromatic rings. The predicted octanol–water partition coefficient (Wildman–Crippen LogP) is -0.628. The zero-order valence-electron chi connectivity index (χ0n) is 21.0. The number of carbonyl (C=O) groups excluding carboxylic acids is 4. The second-order valence-corrected chi connectivity index (χ2v) is 9.49. The van der Waals surface area contributed by atoms with Crippen LogP contribution >= 0.6 is 11.6 Å². The van der Waals surface area contributed by atoms with E-state index in [-0.39, 0.29) is 48.3 Å². The van der Waals surface area contributed by atoms with Crippen LogP contribution in [0.15, 0.2) is 29.2 Å². The number of carboxylic acids is 1. The monoisotopic (exact) mass is 562 g/mol. The van der Waals surface area contributed by atoms with Gasteiger partial charge in [0.25, 0.3) is 11.5 Å². The number of aromatic nitrogens is 2. The normalized spacial score (nSPS) is 20.3. The van der Waals surface area contributed by atoms with E-state index in [1.165, 1.54) is 21.7 Å². The highest BCUT2D eigenvalue weighted by molar-refractivity contribution is 6.31. The van der Waals surface area contributed by atoms with Crippen molar-refractivity contribution in [3.63, 3.8) is 0 Å². The largest absolute Gasteiger partial charge is 0.481 e. The number of ketones is 1. The molecule has 0 bridgehead atoms. The smallest absolute Gasteiger partial charge is 0.305 e. The van der Waals surface area contributed by atoms with E-state index in [1.807, 2.05) is 0 Å². The van der Waals surface area contributed by atoms with Gasteiger partial charge in [-0.2, -0.15) is 4.98 Å². The predicted molar refractivity (Wildman–Crippen MR) is 135 cm³/mol. The van der Waals surface area contributed by atoms with E-state index in [0.717, 1.165) is 5.01 Å². The van der Waals surface area contributed by atoms with E-state index in [4.69, 9.17) is 16.3 Å². The number of hydrazine groups is 1. The lowest BCUT2D eigenvalue weighted by Crippen LogP contribution is -2.64. The summed E-state index contributed by atoms with van der Waals surface area (Å²) in [6, 6.07) is 1.45. The van der Waals surface area contributed by atoms with Crippen molar-refractivity contribution >= 4 is 46.7 Å². The summed E-state index contributed by atoms with van der Waals surface area (Å²) in [4.78, 5) is 80.1. The average molecular weight is 563 g/mol. The van der Waals surface area contributed by atoms with E-state index in [1.54, 1.807) is 19.2 Å². The van der Waals surface area contributed by atoms with Crippen molar-refractivity contribution in [1.82, 2.24) is 30.0 Å². The summed E-state index contributed by atoms with van der Waals surface area (Å²) in [5, 5.41) is 16.6. The Balaban J connectivity index is 1.51. The fourth-order valence-corrected chi connectivity index (χ4v) is 4.80. The highest BCUT2D eigenvalue weighted by Gasteiger charge is 2.44. The Morgan fingerprint density at radius 2 is 2.00 bits per heavy atom. The van der Waals surface area contributed by atoms with Gasteiger partial charge in [0, 0.05) is 19.2 Å². The summed E-state index contributed by atoms with van der Waals surface area (Å²) in [5.41, 5.74) is -0.415. The molecule has 14 nitrogen and oxygen atoms in total. The van der Waals surface area contributed by atoms with Gasteiger partial charge in [-0.1, -0.05) is 17.7 Å². The third-order valence-corrected chi connectivity index (χ3v) is 6.92. The standard InChI is InChI=1S/C24H27ClN6O8/c1-26-13-7-8-18(33)30-10-4-5-15(31(30)23(13)37)21(36)27-14(11-19(34)35)16(32)12-39-22-20(25)24(38)29-9-3-2-6-17(29)28-22/h2-3,6,9,13-15,26H,4-5,7-8,10-12H2,1H3,(H,27,36)(H,34,35)/t13-,14-,15-/m0/s1. The van der Waals surface area contributed by atoms with E-state index in [9.17, 15) is 33.9 Å². The molecule has 0 aliphatic carbocycles. The third kappa shape index (κ3) is 5.86. The Morgan fingerprint density at radius 1 is 1.23 bits per heavy atom. The number of likely N-dealkylation sites (N-methyl/N-ethyl adjacent to an activating group) is 1. The molecule has 3 atom stereocenters. The minimum atomic E-state index is -1.52. The first kappa shape index (κ1) is 28.0. The number of carboxylic acid groups (broad SMARTS) is 1. The number of Topliss-reactive ketones (excluding diaryl/α,β-unsaturated/α-hetero) is 1. The fourth-order valence-electron chi connectivity index (χ4n) is 4.61. The van der Waals surface area contributed by atoms with Crippen LogP contribution in [0.3, 0.4) is 0 Å². The number of aliphatic carboxylic acids is 1. The number of nitrogens with zero attached hydrogens (tertiary/aromatic N) is 4. The number of ether oxygens (including phenoxy) is 1. The molecule has 4 rings (SSSR count). The zero-order chi connectivity index (χ0) is 28.3. The van der Waals surface area contributed by atoms with Crippen LogP contribution in [-0.2, 0) is 24.0 Å². The molecule has 3 N–H and O–H groups in total. The SMILES string of the molecule is CN[C@H]1CCC(=O)N2CCC[C@@H](C(=O)N[C@@H](CC(=O)O)C(=O)COc3nc4ccccn4c(=O)c3Cl)N2C1=O. The van der Waals surface area contributed by atoms with Crippen molar-refractivity contribution in [2.75, 3.05) is 20.2 Å². The van der Waals surface area contributed by atoms with E-state index < -0.39 is 60.3 Å². The highest BCUT2D eigenvalue weighted by Crippen LogP contribution is 2.25. The van der Waals surface area contributed by atoms with Gasteiger partial charge in [0.1, 0.15) is 17.7 Å². The van der Waals surface area contributed by atoms with Crippen LogP contribution in [-0.4, -0.2) is 92.3 Å². The molecule has 208 valence electrons. The first-order chi connectivity index (χ1) is 18.6. The molecule has 0 radical (unpaired) electrons. The van der Waals surface area contributed by atoms with Gasteiger partial charge in [-0.25, -0.2) is 5.01 Å². The molecular weight excluding hydrogens is 536 g/mol. The van der Waals surface area contributed by atoms with E-state index >= 15 is 0 Å². The molecule has 0 saturated carbocycles. The maximum Gasteiger partial charge on any atom is 0.305 e. The molecule has 2 aliphatic heterocycles. The number of hydrogen-bond donors (Lipinski definition) is 3. The maximum absolute atomic E-state index is 13.3. The lowest BCUT2D eigenvalue weighted by Gasteiger charge is -2.43. The Kier molecular flexibility index (Phi) is 8.45. The topological polar surface area (TPSA) is 180 Å². The number of carbonyl (C=O) groups is 5. The summed E-state index contributed by atoms with van der Waals surface area (Å²) in [6.07, 6.45) is 1.72. The van der Waals surface area contributed by atoms with Gasteiger partial charge in [-0.05, 0) is 38.4 Å². The van der Waals surface area contributed by atoms with Gasteiger partial charge in [0.2, 0.25) is 17.7 Å². The van der Waals surface area contributed by atoms with Crippen LogP contribution in [0.5, 0.6) is 5.88 Å². The van der Waals surface area contributed by atoms with Crippen LogP contribution in [0, 0.1) is 0 Å². The number of fused-ring (bicyclic) bond motifs is 2. The van der Waals surface area contributed by atoms with Crippen LogP contribution in [0.1, 0.15) is 32.1 Å². The first-order valence-corrected chi connectivity index (χ1v) is 12.6. The average Bonchev–Trinajstić information content (AvgIpc) is 3.04. The number of amides is 3. The summed E-state index contributed by atoms with van der Waals surface area (Å²) < 4.78 is 6.55. The van der Waals surface area contributed by atoms with Crippen LogP contribution < -0.4 is 20.9 Å². The number of halogens is 1. The lowest BCUT2D eigenvalue weighted by molar-refractivity contribution is -0.176. The van der Waals surface area contributed by atoms with Crippen molar-refractivity contribution in [2.45, 2.75) is 50.2 Å². The number of nitrogens with one attached hydrogen (secondary N) is 2. The van der Waals surface area contributed by atoms with Crippen molar-refractivity contribution < 1.29 is 33.8 Å². The molecule has 0 unspecified atom stereocenters. The molecule has 2 aliphatic rings. The van der Waals surface area contributed by atoms with Gasteiger partial charge in [0.05, 0.1) is 12.5 Å². The van der Waals surface area contributed by atoms with Gasteiger partial charge < -0.3 is 20.5 Å². The molecule has 2 saturated heterocycles. The van der Waals surface area contributed by atoms with Crippen LogP contribution in [0.25, 0.3) is 5.65 Å². The molecule has 39 heavy (non-hydrogen) atoms. The summed E-state index contributed by atoms with van der Waals surface area (Å²) in [7, 11) is 1.58. The van der Waals surface area contributed by atoms with Crippen LogP contribution in [0.4, 0.5) is 0 Å². The molecule has 0 aromatic carbocycles. The fraction of sp³-hybridized carbons (Fsp3) is 0.458. The number of rotatable bonds is 9. The Bertz CT molecular complexity index is 1380. The van der Waals surface area contributed by atoms with Crippen molar-refractivity contribution in [3.05, 3.63) is 39.8 Å². The zero-order valence-corrected chi connectivity index (χ0v) is 21.7. The minimum absolute atomic E-state index is 0.120. The second-order valence-electron chi connectivity index (χ2n) is 9.12. The van der Waals surface area contributed by atoms with E-state index in [2.05, 4.69) is 15.6 Å². The molecule has 0 spiro atoms. The quantitative estimate of drug-likeness (QED) is 0.356. The number of hydrogen-bond acceptors (Lipinski definition) is 9. The Labute approximate surface area is 226 Å². The second kappa shape index (κ2) is 11.8. The van der Waals surface area contributed by atoms with Gasteiger partial charge >= 0.3 is 5.97 Å². The summed E-state index contributed by atoms with van der Waals surface area (Å²) >= 11 is 6.06. The van der Waals surface area contributed by atoms with Gasteiger partial charge in [0.15, 0.2) is 17.4 Å². The molecule has 2 aromatic heterocycles.